The highest BCUT2D eigenvalue weighted by atomic mass is 16.5. The van der Waals surface area contributed by atoms with Gasteiger partial charge in [-0.1, -0.05) is 18.2 Å². The molecule has 1 aliphatic rings. The number of hydrazone groups is 1. The van der Waals surface area contributed by atoms with Gasteiger partial charge < -0.3 is 10.5 Å². The average Bonchev–Trinajstić information content (AvgIpc) is 2.88. The van der Waals surface area contributed by atoms with Crippen molar-refractivity contribution in [2.24, 2.45) is 5.10 Å². The summed E-state index contributed by atoms with van der Waals surface area (Å²) in [6.07, 6.45) is -0.298. The topological polar surface area (TPSA) is 100 Å². The van der Waals surface area contributed by atoms with Gasteiger partial charge in [0.1, 0.15) is 5.75 Å². The predicted molar refractivity (Wildman–Crippen MR) is 90.5 cm³/mol. The molecule has 2 aromatic carbocycles. The number of anilines is 2. The minimum absolute atomic E-state index is 0.275. The predicted octanol–water partition coefficient (Wildman–Crippen LogP) is 1.03. The van der Waals surface area contributed by atoms with Crippen LogP contribution in [0.15, 0.2) is 59.7 Å². The van der Waals surface area contributed by atoms with E-state index in [9.17, 15) is 0 Å². The summed E-state index contributed by atoms with van der Waals surface area (Å²) in [7, 11) is 1.62. The second kappa shape index (κ2) is 6.47. The number of hydrogen-bond acceptors (Lipinski definition) is 5. The van der Waals surface area contributed by atoms with Gasteiger partial charge in [-0.2, -0.15) is 10.5 Å². The zero-order valence-corrected chi connectivity index (χ0v) is 12.8. The van der Waals surface area contributed by atoms with E-state index in [0.29, 0.717) is 5.71 Å². The molecule has 0 aromatic heterocycles. The molecule has 7 heteroatoms. The molecule has 0 amide bonds. The molecule has 1 atom stereocenters. The number of amidine groups is 1. The quantitative estimate of drug-likeness (QED) is 0.634. The van der Waals surface area contributed by atoms with Crippen molar-refractivity contribution in [3.8, 4) is 5.75 Å². The van der Waals surface area contributed by atoms with Crippen LogP contribution in [0.1, 0.15) is 0 Å². The van der Waals surface area contributed by atoms with Crippen molar-refractivity contribution in [2.75, 3.05) is 17.5 Å². The first-order valence-corrected chi connectivity index (χ1v) is 7.20. The Hall–Kier alpha value is -2.90. The van der Waals surface area contributed by atoms with E-state index < -0.39 is 0 Å². The summed E-state index contributed by atoms with van der Waals surface area (Å²) in [5, 5.41) is 14.3. The van der Waals surface area contributed by atoms with Gasteiger partial charge in [-0.05, 0) is 36.4 Å². The Morgan fingerprint density at radius 2 is 1.87 bits per heavy atom. The van der Waals surface area contributed by atoms with Crippen molar-refractivity contribution in [2.45, 2.75) is 6.17 Å². The molecule has 1 fully saturated rings. The first-order chi connectivity index (χ1) is 11.2. The minimum Gasteiger partial charge on any atom is -0.497 e. The Morgan fingerprint density at radius 1 is 1.17 bits per heavy atom. The molecule has 118 valence electrons. The molecular formula is C16H19N6O+. The highest BCUT2D eigenvalue weighted by molar-refractivity contribution is 6.48. The van der Waals surface area contributed by atoms with E-state index >= 15 is 0 Å². The van der Waals surface area contributed by atoms with Crippen LogP contribution in [0, 0.1) is 5.41 Å². The van der Waals surface area contributed by atoms with Crippen LogP contribution >= 0.6 is 0 Å². The van der Waals surface area contributed by atoms with Crippen LogP contribution in [-0.4, -0.2) is 24.8 Å². The Morgan fingerprint density at radius 3 is 2.52 bits per heavy atom. The average molecular weight is 311 g/mol. The lowest BCUT2D eigenvalue weighted by Gasteiger charge is -2.16. The molecule has 0 aliphatic carbocycles. The zero-order valence-electron chi connectivity index (χ0n) is 12.8. The molecule has 1 aliphatic heterocycles. The first kappa shape index (κ1) is 15.0. The lowest BCUT2D eigenvalue weighted by atomic mass is 10.3. The summed E-state index contributed by atoms with van der Waals surface area (Å²) < 4.78 is 5.12. The van der Waals surface area contributed by atoms with E-state index in [1.807, 2.05) is 54.6 Å². The number of benzene rings is 2. The summed E-state index contributed by atoms with van der Waals surface area (Å²) >= 11 is 0. The van der Waals surface area contributed by atoms with Crippen molar-refractivity contribution >= 4 is 22.9 Å². The van der Waals surface area contributed by atoms with Crippen LogP contribution in [0.5, 0.6) is 5.75 Å². The zero-order chi connectivity index (χ0) is 16.2. The number of ether oxygens (including phenoxy) is 1. The summed E-state index contributed by atoms with van der Waals surface area (Å²) in [5.41, 5.74) is 12.3. The lowest BCUT2D eigenvalue weighted by molar-refractivity contribution is -0.401. The van der Waals surface area contributed by atoms with E-state index in [1.165, 1.54) is 0 Å². The molecule has 0 bridgehead atoms. The number of rotatable bonds is 4. The number of methoxy groups -OCH3 is 1. The van der Waals surface area contributed by atoms with Gasteiger partial charge in [0, 0.05) is 0 Å². The monoisotopic (exact) mass is 311 g/mol. The number of hydrazine groups is 1. The highest BCUT2D eigenvalue weighted by Crippen LogP contribution is 2.17. The minimum atomic E-state index is -0.298. The van der Waals surface area contributed by atoms with Crippen molar-refractivity contribution < 1.29 is 10.5 Å². The Kier molecular flexibility index (Phi) is 4.22. The molecule has 6 N–H and O–H groups in total. The van der Waals surface area contributed by atoms with Crippen LogP contribution in [0.4, 0.5) is 11.4 Å². The maximum absolute atomic E-state index is 8.29. The largest absolute Gasteiger partial charge is 0.497 e. The van der Waals surface area contributed by atoms with E-state index in [2.05, 4.69) is 21.7 Å². The molecule has 23 heavy (non-hydrogen) atoms. The second-order valence-corrected chi connectivity index (χ2v) is 5.04. The molecule has 0 radical (unpaired) electrons. The van der Waals surface area contributed by atoms with Gasteiger partial charge in [0.2, 0.25) is 6.17 Å². The number of para-hydroxylation sites is 1. The summed E-state index contributed by atoms with van der Waals surface area (Å²) in [6, 6.07) is 17.1. The second-order valence-electron chi connectivity index (χ2n) is 5.04. The molecule has 0 spiro atoms. The summed E-state index contributed by atoms with van der Waals surface area (Å²) in [6.45, 7) is 0. The van der Waals surface area contributed by atoms with E-state index in [1.54, 1.807) is 12.1 Å². The fourth-order valence-corrected chi connectivity index (χ4v) is 2.26. The summed E-state index contributed by atoms with van der Waals surface area (Å²) in [4.78, 5) is 0. The lowest BCUT2D eigenvalue weighted by Crippen LogP contribution is -2.69. The Balaban J connectivity index is 1.75. The normalized spacial score (nSPS) is 19.2. The third-order valence-corrected chi connectivity index (χ3v) is 3.49. The van der Waals surface area contributed by atoms with Crippen LogP contribution in [-0.2, 0) is 0 Å². The highest BCUT2D eigenvalue weighted by Gasteiger charge is 2.35. The molecular weight excluding hydrogens is 292 g/mol. The maximum Gasteiger partial charge on any atom is 0.204 e. The third kappa shape index (κ3) is 3.15. The van der Waals surface area contributed by atoms with Gasteiger partial charge >= 0.3 is 0 Å². The van der Waals surface area contributed by atoms with E-state index in [-0.39, 0.29) is 12.0 Å². The van der Waals surface area contributed by atoms with Gasteiger partial charge in [0.05, 0.1) is 18.5 Å². The van der Waals surface area contributed by atoms with Crippen molar-refractivity contribution in [1.82, 2.24) is 5.43 Å². The number of nitrogens with one attached hydrogen (secondary N) is 3. The van der Waals surface area contributed by atoms with Gasteiger partial charge in [0.25, 0.3) is 0 Å². The molecule has 0 unspecified atom stereocenters. The molecule has 0 saturated carbocycles. The SMILES string of the molecule is COc1ccc(N/N=C2/C(=N)N(c3ccccc3)N[C@H]2[NH3+])cc1. The maximum atomic E-state index is 8.29. The molecule has 3 rings (SSSR count). The molecule has 1 heterocycles. The first-order valence-electron chi connectivity index (χ1n) is 7.20. The molecule has 7 nitrogen and oxygen atoms in total. The Labute approximate surface area is 134 Å². The number of nitrogens with zero attached hydrogens (tertiary/aromatic N) is 2. The van der Waals surface area contributed by atoms with Crippen LogP contribution in [0.3, 0.4) is 0 Å². The fourth-order valence-electron chi connectivity index (χ4n) is 2.26. The number of quaternary nitrogens is 1. The third-order valence-electron chi connectivity index (χ3n) is 3.49. The summed E-state index contributed by atoms with van der Waals surface area (Å²) in [5.74, 6) is 1.06. The standard InChI is InChI=1S/C16H18N6O/c1-23-13-9-7-11(8-10-13)19-20-14-15(17)21-22(16(14)18)12-5-3-2-4-6-12/h2-10,15,18-19,21H,17H2,1H3/p+1/b18-16?,20-14+/t15-/m1/s1. The van der Waals surface area contributed by atoms with Gasteiger partial charge in [0.15, 0.2) is 11.5 Å². The molecule has 1 saturated heterocycles. The van der Waals surface area contributed by atoms with Crippen LogP contribution in [0.2, 0.25) is 0 Å². The van der Waals surface area contributed by atoms with Gasteiger partial charge in [-0.15, -0.1) is 0 Å². The van der Waals surface area contributed by atoms with Crippen molar-refractivity contribution in [1.29, 1.82) is 5.41 Å². The van der Waals surface area contributed by atoms with Crippen molar-refractivity contribution in [3.05, 3.63) is 54.6 Å². The van der Waals surface area contributed by atoms with Gasteiger partial charge in [-0.25, -0.2) is 0 Å². The van der Waals surface area contributed by atoms with Gasteiger partial charge in [-0.3, -0.25) is 15.8 Å². The van der Waals surface area contributed by atoms with Crippen molar-refractivity contribution in [3.63, 3.8) is 0 Å². The fraction of sp³-hybridized carbons (Fsp3) is 0.125. The van der Waals surface area contributed by atoms with E-state index in [4.69, 9.17) is 10.1 Å². The van der Waals surface area contributed by atoms with Crippen LogP contribution in [0.25, 0.3) is 0 Å². The number of hydrogen-bond donors (Lipinski definition) is 4. The van der Waals surface area contributed by atoms with E-state index in [0.717, 1.165) is 17.1 Å². The smallest absolute Gasteiger partial charge is 0.204 e. The van der Waals surface area contributed by atoms with Crippen LogP contribution < -0.4 is 26.3 Å². The Bertz CT molecular complexity index is 713. The molecule has 2 aromatic rings.